The molecule has 104 valence electrons. The normalized spacial score (nSPS) is 9.95. The van der Waals surface area contributed by atoms with E-state index in [1.807, 2.05) is 25.1 Å². The fourth-order valence-corrected chi connectivity index (χ4v) is 2.00. The minimum atomic E-state index is -0.580. The summed E-state index contributed by atoms with van der Waals surface area (Å²) in [6.45, 7) is 1.99. The van der Waals surface area contributed by atoms with E-state index in [-0.39, 0.29) is 0 Å². The van der Waals surface area contributed by atoms with E-state index in [2.05, 4.69) is 41.5 Å². The van der Waals surface area contributed by atoms with Crippen molar-refractivity contribution < 1.29 is 9.53 Å². The number of carbonyl (C=O) groups excluding carboxylic acids is 1. The molecule has 6 nitrogen and oxygen atoms in total. The molecule has 0 aliphatic heterocycles. The van der Waals surface area contributed by atoms with E-state index >= 15 is 0 Å². The van der Waals surface area contributed by atoms with Crippen molar-refractivity contribution in [3.63, 3.8) is 0 Å². The molecule has 0 bridgehead atoms. The van der Waals surface area contributed by atoms with Crippen molar-refractivity contribution in [2.24, 2.45) is 0 Å². The number of hydrogen-bond acceptors (Lipinski definition) is 5. The molecular formula is C13H13BrN4O2. The monoisotopic (exact) mass is 336 g/mol. The number of amides is 1. The standard InChI is InChI=1S/C13H13BrN4O2/c1-8-7-9(14)3-4-10(8)15-11-5-6-12(18-17-11)16-13(19)20-2/h3-7H,1-2H3,(H,15,17)(H,16,18,19). The summed E-state index contributed by atoms with van der Waals surface area (Å²) in [5, 5.41) is 13.4. The smallest absolute Gasteiger partial charge is 0.412 e. The second-order valence-corrected chi connectivity index (χ2v) is 4.92. The Balaban J connectivity index is 2.08. The third kappa shape index (κ3) is 3.67. The molecule has 7 heteroatoms. The maximum Gasteiger partial charge on any atom is 0.412 e. The first-order valence-corrected chi connectivity index (χ1v) is 6.59. The number of carbonyl (C=O) groups is 1. The van der Waals surface area contributed by atoms with Crippen LogP contribution in [0.1, 0.15) is 5.56 Å². The second kappa shape index (κ2) is 6.33. The number of rotatable bonds is 3. The van der Waals surface area contributed by atoms with Crippen molar-refractivity contribution in [3.05, 3.63) is 40.4 Å². The van der Waals surface area contributed by atoms with Crippen LogP contribution in [0.25, 0.3) is 0 Å². The van der Waals surface area contributed by atoms with Gasteiger partial charge < -0.3 is 10.1 Å². The number of aryl methyl sites for hydroxylation is 1. The number of hydrogen-bond donors (Lipinski definition) is 2. The first-order valence-electron chi connectivity index (χ1n) is 5.80. The minimum absolute atomic E-state index is 0.329. The summed E-state index contributed by atoms with van der Waals surface area (Å²) in [5.41, 5.74) is 2.02. The highest BCUT2D eigenvalue weighted by Gasteiger charge is 2.04. The Morgan fingerprint density at radius 1 is 1.20 bits per heavy atom. The Labute approximate surface area is 124 Å². The number of nitrogens with one attached hydrogen (secondary N) is 2. The molecule has 20 heavy (non-hydrogen) atoms. The maximum atomic E-state index is 11.0. The van der Waals surface area contributed by atoms with E-state index in [1.165, 1.54) is 7.11 Å². The summed E-state index contributed by atoms with van der Waals surface area (Å²) < 4.78 is 5.49. The molecule has 0 aliphatic carbocycles. The summed E-state index contributed by atoms with van der Waals surface area (Å²) in [4.78, 5) is 11.0. The van der Waals surface area contributed by atoms with E-state index in [0.29, 0.717) is 11.6 Å². The number of nitrogens with zero attached hydrogens (tertiary/aromatic N) is 2. The van der Waals surface area contributed by atoms with Gasteiger partial charge in [-0.05, 0) is 42.8 Å². The highest BCUT2D eigenvalue weighted by molar-refractivity contribution is 9.10. The summed E-state index contributed by atoms with van der Waals surface area (Å²) >= 11 is 3.41. The predicted molar refractivity (Wildman–Crippen MR) is 80.2 cm³/mol. The molecule has 1 amide bonds. The first kappa shape index (κ1) is 14.3. The highest BCUT2D eigenvalue weighted by Crippen LogP contribution is 2.22. The fourth-order valence-electron chi connectivity index (χ4n) is 1.53. The van der Waals surface area contributed by atoms with Gasteiger partial charge in [0.05, 0.1) is 7.11 Å². The molecule has 0 aliphatic rings. The molecule has 0 radical (unpaired) electrons. The van der Waals surface area contributed by atoms with E-state index in [0.717, 1.165) is 15.7 Å². The van der Waals surface area contributed by atoms with Gasteiger partial charge in [-0.3, -0.25) is 5.32 Å². The summed E-state index contributed by atoms with van der Waals surface area (Å²) in [7, 11) is 1.29. The van der Waals surface area contributed by atoms with Gasteiger partial charge in [-0.25, -0.2) is 4.79 Å². The topological polar surface area (TPSA) is 76.1 Å². The molecule has 2 N–H and O–H groups in total. The molecule has 0 unspecified atom stereocenters. The summed E-state index contributed by atoms with van der Waals surface area (Å²) in [6.07, 6.45) is -0.580. The Bertz CT molecular complexity index is 616. The van der Waals surface area contributed by atoms with Gasteiger partial charge in [-0.2, -0.15) is 0 Å². The molecule has 1 aromatic carbocycles. The van der Waals surface area contributed by atoms with Gasteiger partial charge in [0.25, 0.3) is 0 Å². The first-order chi connectivity index (χ1) is 9.58. The van der Waals surface area contributed by atoms with Crippen LogP contribution in [-0.4, -0.2) is 23.4 Å². The average molecular weight is 337 g/mol. The number of anilines is 3. The van der Waals surface area contributed by atoms with E-state index in [9.17, 15) is 4.79 Å². The van der Waals surface area contributed by atoms with Crippen LogP contribution in [0, 0.1) is 6.92 Å². The lowest BCUT2D eigenvalue weighted by atomic mass is 10.2. The number of halogens is 1. The molecule has 0 saturated heterocycles. The summed E-state index contributed by atoms with van der Waals surface area (Å²) in [6, 6.07) is 9.25. The van der Waals surface area contributed by atoms with Gasteiger partial charge in [0.2, 0.25) is 0 Å². The lowest BCUT2D eigenvalue weighted by molar-refractivity contribution is 0.187. The van der Waals surface area contributed by atoms with Crippen LogP contribution >= 0.6 is 15.9 Å². The molecule has 0 spiro atoms. The van der Waals surface area contributed by atoms with Crippen LogP contribution in [0.5, 0.6) is 0 Å². The molecule has 1 heterocycles. The SMILES string of the molecule is COC(=O)Nc1ccc(Nc2ccc(Br)cc2C)nn1. The zero-order chi connectivity index (χ0) is 14.5. The molecule has 0 fully saturated rings. The molecule has 1 aromatic heterocycles. The number of aromatic nitrogens is 2. The van der Waals surface area contributed by atoms with Crippen LogP contribution in [-0.2, 0) is 4.74 Å². The van der Waals surface area contributed by atoms with E-state index < -0.39 is 6.09 Å². The van der Waals surface area contributed by atoms with Crippen molar-refractivity contribution in [2.75, 3.05) is 17.7 Å². The van der Waals surface area contributed by atoms with Crippen LogP contribution in [0.15, 0.2) is 34.8 Å². The Hall–Kier alpha value is -2.15. The fraction of sp³-hybridized carbons (Fsp3) is 0.154. The van der Waals surface area contributed by atoms with Gasteiger partial charge in [0, 0.05) is 10.2 Å². The quantitative estimate of drug-likeness (QED) is 0.897. The third-order valence-corrected chi connectivity index (χ3v) is 3.02. The van der Waals surface area contributed by atoms with Crippen molar-refractivity contribution in [1.29, 1.82) is 0 Å². The number of ether oxygens (including phenoxy) is 1. The minimum Gasteiger partial charge on any atom is -0.453 e. The van der Waals surface area contributed by atoms with Crippen molar-refractivity contribution in [2.45, 2.75) is 6.92 Å². The van der Waals surface area contributed by atoms with Gasteiger partial charge in [-0.1, -0.05) is 15.9 Å². The van der Waals surface area contributed by atoms with E-state index in [4.69, 9.17) is 0 Å². The number of methoxy groups -OCH3 is 1. The molecule has 0 saturated carbocycles. The zero-order valence-corrected chi connectivity index (χ0v) is 12.6. The van der Waals surface area contributed by atoms with Gasteiger partial charge >= 0.3 is 6.09 Å². The van der Waals surface area contributed by atoms with Crippen molar-refractivity contribution in [1.82, 2.24) is 10.2 Å². The Morgan fingerprint density at radius 2 is 1.90 bits per heavy atom. The maximum absolute atomic E-state index is 11.0. The Kier molecular flexibility index (Phi) is 4.52. The third-order valence-electron chi connectivity index (χ3n) is 2.53. The molecule has 2 rings (SSSR count). The van der Waals surface area contributed by atoms with Crippen molar-refractivity contribution in [3.8, 4) is 0 Å². The second-order valence-electron chi connectivity index (χ2n) is 4.00. The van der Waals surface area contributed by atoms with Crippen molar-refractivity contribution >= 4 is 39.3 Å². The average Bonchev–Trinajstić information content (AvgIpc) is 2.44. The van der Waals surface area contributed by atoms with Crippen LogP contribution in [0.2, 0.25) is 0 Å². The number of benzene rings is 1. The van der Waals surface area contributed by atoms with Crippen LogP contribution < -0.4 is 10.6 Å². The molecule has 0 atom stereocenters. The largest absolute Gasteiger partial charge is 0.453 e. The highest BCUT2D eigenvalue weighted by atomic mass is 79.9. The predicted octanol–water partition coefficient (Wildman–Crippen LogP) is 3.47. The molecular weight excluding hydrogens is 324 g/mol. The lowest BCUT2D eigenvalue weighted by Crippen LogP contribution is -2.12. The van der Waals surface area contributed by atoms with Gasteiger partial charge in [0.15, 0.2) is 11.6 Å². The summed E-state index contributed by atoms with van der Waals surface area (Å²) in [5.74, 6) is 0.917. The Morgan fingerprint density at radius 3 is 2.50 bits per heavy atom. The lowest BCUT2D eigenvalue weighted by Gasteiger charge is -2.09. The van der Waals surface area contributed by atoms with Gasteiger partial charge in [-0.15, -0.1) is 10.2 Å². The van der Waals surface area contributed by atoms with Gasteiger partial charge in [0.1, 0.15) is 0 Å². The van der Waals surface area contributed by atoms with Crippen LogP contribution in [0.4, 0.5) is 22.1 Å². The molecule has 2 aromatic rings. The van der Waals surface area contributed by atoms with Crippen LogP contribution in [0.3, 0.4) is 0 Å². The van der Waals surface area contributed by atoms with E-state index in [1.54, 1.807) is 12.1 Å². The zero-order valence-electron chi connectivity index (χ0n) is 11.0.